The molecule has 0 bridgehead atoms. The summed E-state index contributed by atoms with van der Waals surface area (Å²) in [6.45, 7) is 0.566. The molecule has 0 unspecified atom stereocenters. The number of rotatable bonds is 4. The molecule has 0 spiro atoms. The molecule has 3 aromatic rings. The van der Waals surface area contributed by atoms with E-state index < -0.39 is 0 Å². The number of methoxy groups -OCH3 is 1. The van der Waals surface area contributed by atoms with E-state index in [9.17, 15) is 4.79 Å². The van der Waals surface area contributed by atoms with Gasteiger partial charge in [-0.1, -0.05) is 60.7 Å². The van der Waals surface area contributed by atoms with Crippen molar-refractivity contribution in [1.29, 1.82) is 0 Å². The molecule has 0 radical (unpaired) electrons. The van der Waals surface area contributed by atoms with Crippen LogP contribution in [0.15, 0.2) is 78.9 Å². The Morgan fingerprint density at radius 2 is 1.58 bits per heavy atom. The second-order valence-corrected chi connectivity index (χ2v) is 6.23. The van der Waals surface area contributed by atoms with Crippen LogP contribution in [0.2, 0.25) is 0 Å². The second-order valence-electron chi connectivity index (χ2n) is 6.23. The van der Waals surface area contributed by atoms with E-state index in [4.69, 9.17) is 4.74 Å². The van der Waals surface area contributed by atoms with Crippen molar-refractivity contribution in [2.24, 2.45) is 0 Å². The van der Waals surface area contributed by atoms with Gasteiger partial charge in [-0.2, -0.15) is 0 Å². The lowest BCUT2D eigenvalue weighted by molar-refractivity contribution is -0.113. The maximum atomic E-state index is 13.1. The van der Waals surface area contributed by atoms with Crippen molar-refractivity contribution in [3.63, 3.8) is 0 Å². The van der Waals surface area contributed by atoms with Crippen LogP contribution in [-0.2, 0) is 11.3 Å². The van der Waals surface area contributed by atoms with Gasteiger partial charge >= 0.3 is 0 Å². The Labute approximate surface area is 153 Å². The second kappa shape index (κ2) is 6.89. The summed E-state index contributed by atoms with van der Waals surface area (Å²) < 4.78 is 5.20. The molecule has 0 N–H and O–H groups in total. The minimum atomic E-state index is 0.0332. The fourth-order valence-electron chi connectivity index (χ4n) is 3.24. The molecule has 1 heterocycles. The van der Waals surface area contributed by atoms with Crippen molar-refractivity contribution in [1.82, 2.24) is 0 Å². The van der Waals surface area contributed by atoms with Gasteiger partial charge in [0.1, 0.15) is 5.75 Å². The predicted octanol–water partition coefficient (Wildman–Crippen LogP) is 4.78. The van der Waals surface area contributed by atoms with E-state index in [1.165, 1.54) is 0 Å². The van der Waals surface area contributed by atoms with E-state index in [1.54, 1.807) is 7.11 Å². The maximum Gasteiger partial charge on any atom is 0.259 e. The first-order valence-electron chi connectivity index (χ1n) is 8.57. The molecule has 0 aliphatic carbocycles. The van der Waals surface area contributed by atoms with Gasteiger partial charge in [-0.3, -0.25) is 4.79 Å². The van der Waals surface area contributed by atoms with Gasteiger partial charge in [-0.05, 0) is 35.4 Å². The third-order valence-corrected chi connectivity index (χ3v) is 4.57. The summed E-state index contributed by atoms with van der Waals surface area (Å²) in [6.07, 6.45) is 1.95. The number of hydrogen-bond donors (Lipinski definition) is 0. The zero-order chi connectivity index (χ0) is 17.9. The number of carbonyl (C=O) groups excluding carboxylic acids is 1. The van der Waals surface area contributed by atoms with Gasteiger partial charge in [0.05, 0.1) is 19.3 Å². The Kier molecular flexibility index (Phi) is 4.28. The molecule has 1 aliphatic rings. The Morgan fingerprint density at radius 3 is 2.31 bits per heavy atom. The van der Waals surface area contributed by atoms with Gasteiger partial charge in [0.25, 0.3) is 5.91 Å². The number of carbonyl (C=O) groups is 1. The first kappa shape index (κ1) is 16.2. The van der Waals surface area contributed by atoms with Crippen molar-refractivity contribution < 1.29 is 9.53 Å². The molecule has 1 aliphatic heterocycles. The first-order valence-corrected chi connectivity index (χ1v) is 8.57. The van der Waals surface area contributed by atoms with Crippen LogP contribution in [0.25, 0.3) is 11.6 Å². The smallest absolute Gasteiger partial charge is 0.259 e. The van der Waals surface area contributed by atoms with Gasteiger partial charge in [0.2, 0.25) is 0 Å². The normalized spacial score (nSPS) is 14.6. The highest BCUT2D eigenvalue weighted by atomic mass is 16.5. The number of anilines is 1. The largest absolute Gasteiger partial charge is 0.497 e. The monoisotopic (exact) mass is 341 g/mol. The Hall–Kier alpha value is -3.33. The van der Waals surface area contributed by atoms with Crippen LogP contribution < -0.4 is 9.64 Å². The van der Waals surface area contributed by atoms with Crippen LogP contribution in [-0.4, -0.2) is 13.0 Å². The molecule has 3 nitrogen and oxygen atoms in total. The average Bonchev–Trinajstić information content (AvgIpc) is 2.95. The fraction of sp³-hybridized carbons (Fsp3) is 0.0870. The molecule has 3 heteroatoms. The van der Waals surface area contributed by atoms with E-state index >= 15 is 0 Å². The summed E-state index contributed by atoms with van der Waals surface area (Å²) in [6, 6.07) is 25.7. The lowest BCUT2D eigenvalue weighted by atomic mass is 10.0. The topological polar surface area (TPSA) is 29.5 Å². The quantitative estimate of drug-likeness (QED) is 0.639. The van der Waals surface area contributed by atoms with Crippen molar-refractivity contribution in [3.8, 4) is 5.75 Å². The Morgan fingerprint density at radius 1 is 0.885 bits per heavy atom. The zero-order valence-corrected chi connectivity index (χ0v) is 14.6. The number of hydrogen-bond acceptors (Lipinski definition) is 2. The molecule has 4 rings (SSSR count). The number of benzene rings is 3. The van der Waals surface area contributed by atoms with Crippen LogP contribution in [0, 0.1) is 0 Å². The molecule has 0 saturated heterocycles. The maximum absolute atomic E-state index is 13.1. The number of para-hydroxylation sites is 1. The van der Waals surface area contributed by atoms with Gasteiger partial charge in [-0.25, -0.2) is 0 Å². The van der Waals surface area contributed by atoms with E-state index in [-0.39, 0.29) is 5.91 Å². The summed E-state index contributed by atoms with van der Waals surface area (Å²) in [4.78, 5) is 15.0. The zero-order valence-electron chi connectivity index (χ0n) is 14.6. The van der Waals surface area contributed by atoms with Gasteiger partial charge in [-0.15, -0.1) is 0 Å². The van der Waals surface area contributed by atoms with Gasteiger partial charge < -0.3 is 9.64 Å². The summed E-state index contributed by atoms with van der Waals surface area (Å²) in [5.41, 5.74) is 4.75. The van der Waals surface area contributed by atoms with Crippen LogP contribution >= 0.6 is 0 Å². The SMILES string of the molecule is COc1ccc(/C=C2/C(=O)N(Cc3ccccc3)c3ccccc32)cc1. The first-order chi connectivity index (χ1) is 12.8. The number of nitrogens with zero attached hydrogens (tertiary/aromatic N) is 1. The highest BCUT2D eigenvalue weighted by molar-refractivity contribution is 6.35. The standard InChI is InChI=1S/C23H19NO2/c1-26-19-13-11-17(12-14-19)15-21-20-9-5-6-10-22(20)24(23(21)25)16-18-7-3-2-4-8-18/h2-15H,16H2,1H3/b21-15+. The van der Waals surface area contributed by atoms with E-state index in [1.807, 2.05) is 89.8 Å². The van der Waals surface area contributed by atoms with E-state index in [0.29, 0.717) is 6.54 Å². The summed E-state index contributed by atoms with van der Waals surface area (Å²) in [5.74, 6) is 0.835. The lowest BCUT2D eigenvalue weighted by Crippen LogP contribution is -2.25. The van der Waals surface area contributed by atoms with Crippen LogP contribution in [0.1, 0.15) is 16.7 Å². The molecule has 128 valence electrons. The number of amides is 1. The summed E-state index contributed by atoms with van der Waals surface area (Å²) in [7, 11) is 1.64. The van der Waals surface area contributed by atoms with Crippen LogP contribution in [0.4, 0.5) is 5.69 Å². The molecule has 26 heavy (non-hydrogen) atoms. The number of fused-ring (bicyclic) bond motifs is 1. The molecule has 0 saturated carbocycles. The molecule has 0 atom stereocenters. The molecular formula is C23H19NO2. The molecular weight excluding hydrogens is 322 g/mol. The van der Waals surface area contributed by atoms with Crippen molar-refractivity contribution >= 4 is 23.2 Å². The van der Waals surface area contributed by atoms with Crippen molar-refractivity contribution in [2.75, 3.05) is 12.0 Å². The molecule has 3 aromatic carbocycles. The Bertz CT molecular complexity index is 959. The lowest BCUT2D eigenvalue weighted by Gasteiger charge is -2.17. The van der Waals surface area contributed by atoms with Crippen molar-refractivity contribution in [2.45, 2.75) is 6.54 Å². The third-order valence-electron chi connectivity index (χ3n) is 4.57. The highest BCUT2D eigenvalue weighted by Crippen LogP contribution is 2.38. The summed E-state index contributed by atoms with van der Waals surface area (Å²) in [5, 5.41) is 0. The van der Waals surface area contributed by atoms with Crippen LogP contribution in [0.3, 0.4) is 0 Å². The highest BCUT2D eigenvalue weighted by Gasteiger charge is 2.31. The molecule has 0 aromatic heterocycles. The minimum Gasteiger partial charge on any atom is -0.497 e. The van der Waals surface area contributed by atoms with Gasteiger partial charge in [0, 0.05) is 11.1 Å². The molecule has 1 amide bonds. The average molecular weight is 341 g/mol. The fourth-order valence-corrected chi connectivity index (χ4v) is 3.24. The van der Waals surface area contributed by atoms with Crippen molar-refractivity contribution in [3.05, 3.63) is 95.6 Å². The number of ether oxygens (including phenoxy) is 1. The molecule has 0 fully saturated rings. The predicted molar refractivity (Wildman–Crippen MR) is 105 cm³/mol. The third kappa shape index (κ3) is 3.00. The van der Waals surface area contributed by atoms with Gasteiger partial charge in [0.15, 0.2) is 0 Å². The van der Waals surface area contributed by atoms with E-state index in [2.05, 4.69) is 0 Å². The summed E-state index contributed by atoms with van der Waals surface area (Å²) >= 11 is 0. The van der Waals surface area contributed by atoms with E-state index in [0.717, 1.165) is 33.7 Å². The Balaban J connectivity index is 1.72. The minimum absolute atomic E-state index is 0.0332. The van der Waals surface area contributed by atoms with Crippen LogP contribution in [0.5, 0.6) is 5.75 Å².